The van der Waals surface area contributed by atoms with Crippen LogP contribution in [-0.2, 0) is 13.2 Å². The third-order valence-corrected chi connectivity index (χ3v) is 6.47. The molecule has 1 aliphatic heterocycles. The van der Waals surface area contributed by atoms with Gasteiger partial charge in [0, 0.05) is 50.4 Å². The number of para-hydroxylation sites is 1. The molecule has 0 amide bonds. The lowest BCUT2D eigenvalue weighted by Crippen LogP contribution is -1.99. The van der Waals surface area contributed by atoms with Crippen LogP contribution in [0.5, 0.6) is 11.5 Å². The quantitative estimate of drug-likeness (QED) is 0.280. The maximum atomic E-state index is 13.1. The zero-order chi connectivity index (χ0) is 23.1. The van der Waals surface area contributed by atoms with Gasteiger partial charge in [0.25, 0.3) is 0 Å². The van der Waals surface area contributed by atoms with Crippen molar-refractivity contribution >= 4 is 46.0 Å². The molecule has 1 aromatic heterocycles. The Morgan fingerprint density at radius 2 is 1.91 bits per heavy atom. The van der Waals surface area contributed by atoms with Crippen molar-refractivity contribution in [2.45, 2.75) is 27.0 Å². The monoisotopic (exact) mass is 477 g/mol. The van der Waals surface area contributed by atoms with Crippen molar-refractivity contribution in [3.8, 4) is 11.5 Å². The summed E-state index contributed by atoms with van der Waals surface area (Å²) in [6, 6.07) is 17.0. The van der Waals surface area contributed by atoms with Gasteiger partial charge in [-0.2, -0.15) is 0 Å². The first kappa shape index (κ1) is 21.6. The van der Waals surface area contributed by atoms with E-state index in [-0.39, 0.29) is 12.4 Å². The fourth-order valence-electron chi connectivity index (χ4n) is 4.11. The summed E-state index contributed by atoms with van der Waals surface area (Å²) < 4.78 is 14.2. The number of fused-ring (bicyclic) bond motifs is 2. The van der Waals surface area contributed by atoms with Crippen LogP contribution in [0.15, 0.2) is 66.6 Å². The van der Waals surface area contributed by atoms with Gasteiger partial charge in [0.2, 0.25) is 5.78 Å². The molecule has 1 aliphatic rings. The molecule has 0 bridgehead atoms. The lowest BCUT2D eigenvalue weighted by molar-refractivity contribution is 0.101. The van der Waals surface area contributed by atoms with Gasteiger partial charge in [-0.15, -0.1) is 0 Å². The molecular formula is C27H21Cl2NO3. The average molecular weight is 478 g/mol. The van der Waals surface area contributed by atoms with Gasteiger partial charge in [0.05, 0.1) is 5.56 Å². The first-order valence-electron chi connectivity index (χ1n) is 10.7. The van der Waals surface area contributed by atoms with Gasteiger partial charge in [-0.1, -0.05) is 47.5 Å². The number of ether oxygens (including phenoxy) is 2. The number of aromatic nitrogens is 1. The number of nitrogens with zero attached hydrogens (tertiary/aromatic N) is 1. The molecule has 3 aromatic carbocycles. The number of hydrogen-bond donors (Lipinski definition) is 0. The summed E-state index contributed by atoms with van der Waals surface area (Å²) in [4.78, 5) is 13.1. The Morgan fingerprint density at radius 1 is 1.09 bits per heavy atom. The second-order valence-electron chi connectivity index (χ2n) is 7.92. The lowest BCUT2D eigenvalue weighted by Gasteiger charge is -2.12. The van der Waals surface area contributed by atoms with E-state index in [0.717, 1.165) is 34.1 Å². The van der Waals surface area contributed by atoms with Crippen LogP contribution in [0.2, 0.25) is 10.0 Å². The van der Waals surface area contributed by atoms with E-state index in [1.807, 2.05) is 31.2 Å². The van der Waals surface area contributed by atoms with E-state index in [0.29, 0.717) is 32.9 Å². The third kappa shape index (κ3) is 3.90. The first-order chi connectivity index (χ1) is 16.0. The number of aryl methyl sites for hydroxylation is 1. The van der Waals surface area contributed by atoms with Crippen LogP contribution in [0.4, 0.5) is 0 Å². The summed E-state index contributed by atoms with van der Waals surface area (Å²) in [7, 11) is 0. The highest BCUT2D eigenvalue weighted by molar-refractivity contribution is 6.35. The summed E-state index contributed by atoms with van der Waals surface area (Å²) in [5.41, 5.74) is 4.21. The minimum Gasteiger partial charge on any atom is -0.488 e. The molecule has 0 spiro atoms. The topological polar surface area (TPSA) is 40.5 Å². The number of Topliss-reactive ketones (excluding diaryl/α,β-unsaturated/α-hetero) is 1. The number of rotatable bonds is 5. The van der Waals surface area contributed by atoms with Crippen molar-refractivity contribution in [3.05, 3.63) is 98.9 Å². The van der Waals surface area contributed by atoms with Crippen molar-refractivity contribution in [1.82, 2.24) is 4.57 Å². The molecule has 0 aliphatic carbocycles. The van der Waals surface area contributed by atoms with Crippen LogP contribution in [0.1, 0.15) is 34.0 Å². The molecule has 166 valence electrons. The standard InChI is InChI=1S/C27H21Cl2NO3/c1-3-30-14-18(20-6-4-5-7-23(20)30)12-25-26(31)21-10-11-24(16(2)27(21)33-25)32-15-17-8-9-19(28)13-22(17)29/h4-14H,3,15H2,1-2H3. The molecule has 0 unspecified atom stereocenters. The van der Waals surface area contributed by atoms with Crippen LogP contribution < -0.4 is 9.47 Å². The van der Waals surface area contributed by atoms with Crippen molar-refractivity contribution in [2.24, 2.45) is 0 Å². The minimum absolute atomic E-state index is 0.131. The summed E-state index contributed by atoms with van der Waals surface area (Å²) in [5, 5.41) is 2.20. The van der Waals surface area contributed by atoms with Crippen molar-refractivity contribution in [2.75, 3.05) is 0 Å². The van der Waals surface area contributed by atoms with Gasteiger partial charge in [0.15, 0.2) is 5.76 Å². The number of hydrogen-bond acceptors (Lipinski definition) is 3. The molecule has 0 radical (unpaired) electrons. The summed E-state index contributed by atoms with van der Waals surface area (Å²) in [6.07, 6.45) is 3.87. The molecular weight excluding hydrogens is 457 g/mol. The summed E-state index contributed by atoms with van der Waals surface area (Å²) >= 11 is 12.2. The summed E-state index contributed by atoms with van der Waals surface area (Å²) in [6.45, 7) is 5.11. The van der Waals surface area contributed by atoms with E-state index >= 15 is 0 Å². The molecule has 4 aromatic rings. The van der Waals surface area contributed by atoms with Crippen molar-refractivity contribution in [3.63, 3.8) is 0 Å². The summed E-state index contributed by atoms with van der Waals surface area (Å²) in [5.74, 6) is 1.35. The molecule has 0 saturated heterocycles. The van der Waals surface area contributed by atoms with E-state index in [1.165, 1.54) is 0 Å². The second-order valence-corrected chi connectivity index (χ2v) is 8.76. The Bertz CT molecular complexity index is 1440. The van der Waals surface area contributed by atoms with Crippen molar-refractivity contribution < 1.29 is 14.3 Å². The van der Waals surface area contributed by atoms with Gasteiger partial charge < -0.3 is 14.0 Å². The molecule has 2 heterocycles. The lowest BCUT2D eigenvalue weighted by atomic mass is 10.1. The molecule has 0 N–H and O–H groups in total. The predicted octanol–water partition coefficient (Wildman–Crippen LogP) is 7.47. The maximum absolute atomic E-state index is 13.1. The fourth-order valence-corrected chi connectivity index (χ4v) is 4.57. The van der Waals surface area contributed by atoms with E-state index in [2.05, 4.69) is 29.8 Å². The van der Waals surface area contributed by atoms with E-state index in [4.69, 9.17) is 32.7 Å². The van der Waals surface area contributed by atoms with Crippen LogP contribution in [-0.4, -0.2) is 10.4 Å². The van der Waals surface area contributed by atoms with Gasteiger partial charge in [-0.25, -0.2) is 0 Å². The molecule has 33 heavy (non-hydrogen) atoms. The highest BCUT2D eigenvalue weighted by atomic mass is 35.5. The predicted molar refractivity (Wildman–Crippen MR) is 133 cm³/mol. The van der Waals surface area contributed by atoms with Gasteiger partial charge in [-0.05, 0) is 50.3 Å². The molecule has 4 nitrogen and oxygen atoms in total. The number of halogens is 2. The SMILES string of the molecule is CCn1cc(C=C2Oc3c(ccc(OCc4ccc(Cl)cc4Cl)c3C)C2=O)c2ccccc21. The third-order valence-electron chi connectivity index (χ3n) is 5.88. The zero-order valence-electron chi connectivity index (χ0n) is 18.2. The Hall–Kier alpha value is -3.21. The van der Waals surface area contributed by atoms with Crippen LogP contribution in [0.3, 0.4) is 0 Å². The van der Waals surface area contributed by atoms with Crippen molar-refractivity contribution in [1.29, 1.82) is 0 Å². The number of ketones is 1. The zero-order valence-corrected chi connectivity index (χ0v) is 19.7. The molecule has 0 atom stereocenters. The Balaban J connectivity index is 1.44. The average Bonchev–Trinajstić information content (AvgIpc) is 3.33. The number of carbonyl (C=O) groups excluding carboxylic acids is 1. The second kappa shape index (κ2) is 8.62. The number of allylic oxidation sites excluding steroid dienone is 1. The smallest absolute Gasteiger partial charge is 0.231 e. The van der Waals surface area contributed by atoms with Gasteiger partial charge in [-0.3, -0.25) is 4.79 Å². The van der Waals surface area contributed by atoms with Crippen LogP contribution in [0.25, 0.3) is 17.0 Å². The normalized spacial score (nSPS) is 14.1. The highest BCUT2D eigenvalue weighted by Gasteiger charge is 2.30. The van der Waals surface area contributed by atoms with Crippen LogP contribution in [0, 0.1) is 6.92 Å². The largest absolute Gasteiger partial charge is 0.488 e. The number of carbonyl (C=O) groups is 1. The van der Waals surface area contributed by atoms with E-state index < -0.39 is 0 Å². The molecule has 0 saturated carbocycles. The first-order valence-corrected chi connectivity index (χ1v) is 11.4. The molecule has 6 heteroatoms. The van der Waals surface area contributed by atoms with Gasteiger partial charge in [0.1, 0.15) is 18.1 Å². The Labute approximate surface area is 202 Å². The van der Waals surface area contributed by atoms with Gasteiger partial charge >= 0.3 is 0 Å². The van der Waals surface area contributed by atoms with E-state index in [9.17, 15) is 4.79 Å². The molecule has 0 fully saturated rings. The van der Waals surface area contributed by atoms with E-state index in [1.54, 1.807) is 24.3 Å². The highest BCUT2D eigenvalue weighted by Crippen LogP contribution is 2.40. The minimum atomic E-state index is -0.131. The molecule has 5 rings (SSSR count). The Kier molecular flexibility index (Phi) is 5.65. The Morgan fingerprint density at radius 3 is 2.70 bits per heavy atom. The van der Waals surface area contributed by atoms with Crippen LogP contribution >= 0.6 is 23.2 Å². The number of benzene rings is 3. The maximum Gasteiger partial charge on any atom is 0.231 e. The fraction of sp³-hybridized carbons (Fsp3) is 0.148.